The number of phenolic OH excluding ortho intramolecular Hbond substituents is 1. The van der Waals surface area contributed by atoms with E-state index in [1.165, 1.54) is 0 Å². The van der Waals surface area contributed by atoms with E-state index in [4.69, 9.17) is 4.74 Å². The van der Waals surface area contributed by atoms with Gasteiger partial charge in [0.2, 0.25) is 0 Å². The Morgan fingerprint density at radius 1 is 1.25 bits per heavy atom. The molecule has 0 spiro atoms. The molecule has 0 radical (unpaired) electrons. The summed E-state index contributed by atoms with van der Waals surface area (Å²) in [6.45, 7) is 0.384. The number of hydrogen-bond acceptors (Lipinski definition) is 3. The van der Waals surface area contributed by atoms with Crippen LogP contribution in [0, 0.1) is 0 Å². The number of amides is 1. The van der Waals surface area contributed by atoms with Gasteiger partial charge < -0.3 is 15.2 Å². The van der Waals surface area contributed by atoms with Gasteiger partial charge in [0, 0.05) is 6.54 Å². The zero-order chi connectivity index (χ0) is 14.5. The highest BCUT2D eigenvalue weighted by atomic mass is 79.9. The molecule has 0 saturated heterocycles. The monoisotopic (exact) mass is 335 g/mol. The number of nitrogens with one attached hydrogen (secondary N) is 1. The van der Waals surface area contributed by atoms with Gasteiger partial charge in [-0.15, -0.1) is 0 Å². The number of carbonyl (C=O) groups is 1. The summed E-state index contributed by atoms with van der Waals surface area (Å²) in [6, 6.07) is 12.4. The summed E-state index contributed by atoms with van der Waals surface area (Å²) >= 11 is 3.18. The van der Waals surface area contributed by atoms with Crippen molar-refractivity contribution in [3.8, 4) is 11.5 Å². The molecule has 0 aliphatic rings. The van der Waals surface area contributed by atoms with Crippen molar-refractivity contribution in [2.45, 2.75) is 6.54 Å². The largest absolute Gasteiger partial charge is 0.506 e. The summed E-state index contributed by atoms with van der Waals surface area (Å²) in [4.78, 5) is 12.0. The standard InChI is InChI=1S/C15H14BrNO3/c1-20-11-7-5-10(6-8-11)9-17-15(19)12-3-2-4-13(16)14(12)18/h2-8,18H,9H2,1H3,(H,17,19). The number of benzene rings is 2. The van der Waals surface area contributed by atoms with Crippen molar-refractivity contribution in [2.75, 3.05) is 7.11 Å². The first-order valence-electron chi connectivity index (χ1n) is 6.00. The summed E-state index contributed by atoms with van der Waals surface area (Å²) in [6.07, 6.45) is 0. The minimum Gasteiger partial charge on any atom is -0.506 e. The molecule has 2 aromatic carbocycles. The molecule has 2 rings (SSSR count). The highest BCUT2D eigenvalue weighted by Crippen LogP contribution is 2.27. The Bertz CT molecular complexity index is 611. The Morgan fingerprint density at radius 2 is 1.95 bits per heavy atom. The van der Waals surface area contributed by atoms with Crippen LogP contribution in [0.3, 0.4) is 0 Å². The molecule has 5 heteroatoms. The fourth-order valence-electron chi connectivity index (χ4n) is 1.72. The van der Waals surface area contributed by atoms with E-state index in [1.54, 1.807) is 25.3 Å². The third-order valence-corrected chi connectivity index (χ3v) is 3.48. The molecule has 0 aliphatic heterocycles. The van der Waals surface area contributed by atoms with Gasteiger partial charge in [-0.05, 0) is 45.8 Å². The predicted molar refractivity (Wildman–Crippen MR) is 80.0 cm³/mol. The van der Waals surface area contributed by atoms with Crippen LogP contribution in [0.4, 0.5) is 0 Å². The van der Waals surface area contributed by atoms with Crippen LogP contribution < -0.4 is 10.1 Å². The lowest BCUT2D eigenvalue weighted by atomic mass is 10.1. The van der Waals surface area contributed by atoms with Crippen LogP contribution in [0.2, 0.25) is 0 Å². The molecule has 20 heavy (non-hydrogen) atoms. The molecule has 4 nitrogen and oxygen atoms in total. The summed E-state index contributed by atoms with van der Waals surface area (Å²) in [5.74, 6) is 0.393. The maximum atomic E-state index is 12.0. The van der Waals surface area contributed by atoms with Crippen LogP contribution in [-0.2, 0) is 6.54 Å². The highest BCUT2D eigenvalue weighted by Gasteiger charge is 2.12. The Kier molecular flexibility index (Phi) is 4.63. The van der Waals surface area contributed by atoms with Gasteiger partial charge in [-0.3, -0.25) is 4.79 Å². The maximum Gasteiger partial charge on any atom is 0.255 e. The number of hydrogen-bond donors (Lipinski definition) is 2. The van der Waals surface area contributed by atoms with Crippen molar-refractivity contribution in [3.63, 3.8) is 0 Å². The van der Waals surface area contributed by atoms with Crippen molar-refractivity contribution in [2.24, 2.45) is 0 Å². The lowest BCUT2D eigenvalue weighted by molar-refractivity contribution is 0.0948. The van der Waals surface area contributed by atoms with Crippen LogP contribution in [0.25, 0.3) is 0 Å². The second kappa shape index (κ2) is 6.43. The van der Waals surface area contributed by atoms with Gasteiger partial charge in [0.25, 0.3) is 5.91 Å². The van der Waals surface area contributed by atoms with Gasteiger partial charge in [-0.2, -0.15) is 0 Å². The fourth-order valence-corrected chi connectivity index (χ4v) is 2.09. The molecule has 0 atom stereocenters. The number of rotatable bonds is 4. The molecule has 0 unspecified atom stereocenters. The summed E-state index contributed by atoms with van der Waals surface area (Å²) in [5.41, 5.74) is 1.20. The third-order valence-electron chi connectivity index (χ3n) is 2.84. The van der Waals surface area contributed by atoms with E-state index in [0.29, 0.717) is 11.0 Å². The van der Waals surface area contributed by atoms with Crippen LogP contribution in [0.5, 0.6) is 11.5 Å². The number of ether oxygens (including phenoxy) is 1. The Morgan fingerprint density at radius 3 is 2.60 bits per heavy atom. The Labute approximate surface area is 125 Å². The van der Waals surface area contributed by atoms with Crippen LogP contribution in [-0.4, -0.2) is 18.1 Å². The van der Waals surface area contributed by atoms with Crippen molar-refractivity contribution in [1.82, 2.24) is 5.32 Å². The molecule has 0 saturated carbocycles. The molecule has 0 bridgehead atoms. The van der Waals surface area contributed by atoms with Crippen molar-refractivity contribution >= 4 is 21.8 Å². The topological polar surface area (TPSA) is 58.6 Å². The van der Waals surface area contributed by atoms with Crippen molar-refractivity contribution in [1.29, 1.82) is 0 Å². The number of phenols is 1. The lowest BCUT2D eigenvalue weighted by Crippen LogP contribution is -2.22. The summed E-state index contributed by atoms with van der Waals surface area (Å²) < 4.78 is 5.56. The van der Waals surface area contributed by atoms with Crippen molar-refractivity contribution < 1.29 is 14.6 Å². The quantitative estimate of drug-likeness (QED) is 0.902. The Hall–Kier alpha value is -2.01. The average Bonchev–Trinajstić information content (AvgIpc) is 2.48. The minimum absolute atomic E-state index is 0.0558. The first-order valence-corrected chi connectivity index (χ1v) is 6.79. The van der Waals surface area contributed by atoms with Crippen LogP contribution in [0.1, 0.15) is 15.9 Å². The molecule has 0 heterocycles. The maximum absolute atomic E-state index is 12.0. The predicted octanol–water partition coefficient (Wildman–Crippen LogP) is 3.09. The molecule has 2 aromatic rings. The van der Waals surface area contributed by atoms with Gasteiger partial charge in [0.1, 0.15) is 11.5 Å². The van der Waals surface area contributed by atoms with Gasteiger partial charge in [0.15, 0.2) is 0 Å². The van der Waals surface area contributed by atoms with Gasteiger partial charge in [-0.25, -0.2) is 0 Å². The fraction of sp³-hybridized carbons (Fsp3) is 0.133. The number of aromatic hydroxyl groups is 1. The molecular formula is C15H14BrNO3. The molecule has 104 valence electrons. The summed E-state index contributed by atoms with van der Waals surface area (Å²) in [7, 11) is 1.60. The first kappa shape index (κ1) is 14.4. The van der Waals surface area contributed by atoms with E-state index in [-0.39, 0.29) is 17.2 Å². The second-order valence-corrected chi connectivity index (χ2v) is 5.02. The van der Waals surface area contributed by atoms with Gasteiger partial charge >= 0.3 is 0 Å². The first-order chi connectivity index (χ1) is 9.61. The van der Waals surface area contributed by atoms with Gasteiger partial charge in [0.05, 0.1) is 17.1 Å². The zero-order valence-corrected chi connectivity index (χ0v) is 12.5. The third kappa shape index (κ3) is 3.30. The number of para-hydroxylation sites is 1. The van der Waals surface area contributed by atoms with E-state index in [2.05, 4.69) is 21.2 Å². The SMILES string of the molecule is COc1ccc(CNC(=O)c2cccc(Br)c2O)cc1. The number of halogens is 1. The number of methoxy groups -OCH3 is 1. The smallest absolute Gasteiger partial charge is 0.255 e. The second-order valence-electron chi connectivity index (χ2n) is 4.17. The molecule has 1 amide bonds. The van der Waals surface area contributed by atoms with E-state index in [9.17, 15) is 9.90 Å². The van der Waals surface area contributed by atoms with Crippen LogP contribution in [0.15, 0.2) is 46.9 Å². The molecule has 0 fully saturated rings. The highest BCUT2D eigenvalue weighted by molar-refractivity contribution is 9.10. The van der Waals surface area contributed by atoms with Gasteiger partial charge in [-0.1, -0.05) is 18.2 Å². The molecular weight excluding hydrogens is 322 g/mol. The average molecular weight is 336 g/mol. The van der Waals surface area contributed by atoms with Crippen molar-refractivity contribution in [3.05, 3.63) is 58.1 Å². The van der Waals surface area contributed by atoms with Crippen LogP contribution >= 0.6 is 15.9 Å². The van der Waals surface area contributed by atoms with E-state index in [1.807, 2.05) is 24.3 Å². The lowest BCUT2D eigenvalue weighted by Gasteiger charge is -2.08. The minimum atomic E-state index is -0.320. The molecule has 0 aliphatic carbocycles. The normalized spacial score (nSPS) is 10.1. The summed E-state index contributed by atoms with van der Waals surface area (Å²) in [5, 5.41) is 12.6. The zero-order valence-electron chi connectivity index (χ0n) is 10.9. The van der Waals surface area contributed by atoms with E-state index >= 15 is 0 Å². The Balaban J connectivity index is 2.02. The van der Waals surface area contributed by atoms with E-state index in [0.717, 1.165) is 11.3 Å². The molecule has 2 N–H and O–H groups in total. The molecule has 0 aromatic heterocycles. The number of carbonyl (C=O) groups excluding carboxylic acids is 1. The van der Waals surface area contributed by atoms with E-state index < -0.39 is 0 Å².